The Morgan fingerprint density at radius 1 is 0.933 bits per heavy atom. The summed E-state index contributed by atoms with van der Waals surface area (Å²) in [4.78, 5) is 14.8. The lowest BCUT2D eigenvalue weighted by molar-refractivity contribution is 0.0955. The second-order valence-electron chi connectivity index (χ2n) is 6.99. The Hall–Kier alpha value is -3.80. The summed E-state index contributed by atoms with van der Waals surface area (Å²) < 4.78 is 10.5. The van der Waals surface area contributed by atoms with Crippen LogP contribution in [0.3, 0.4) is 0 Å². The van der Waals surface area contributed by atoms with Crippen LogP contribution in [0.2, 0.25) is 0 Å². The lowest BCUT2D eigenvalue weighted by Gasteiger charge is -2.17. The summed E-state index contributed by atoms with van der Waals surface area (Å²) in [7, 11) is 3.16. The molecular formula is C24H23N3O3. The number of anilines is 1. The molecule has 152 valence electrons. The van der Waals surface area contributed by atoms with Gasteiger partial charge in [-0.25, -0.2) is 5.43 Å². The van der Waals surface area contributed by atoms with Crippen LogP contribution in [0.1, 0.15) is 27.0 Å². The lowest BCUT2D eigenvalue weighted by Crippen LogP contribution is -2.18. The van der Waals surface area contributed by atoms with E-state index >= 15 is 0 Å². The van der Waals surface area contributed by atoms with Crippen molar-refractivity contribution < 1.29 is 14.3 Å². The van der Waals surface area contributed by atoms with E-state index in [1.807, 2.05) is 42.5 Å². The molecule has 0 radical (unpaired) electrons. The zero-order valence-corrected chi connectivity index (χ0v) is 17.0. The molecule has 0 saturated heterocycles. The van der Waals surface area contributed by atoms with Crippen LogP contribution in [0, 0.1) is 0 Å². The number of ether oxygens (including phenoxy) is 2. The number of methoxy groups -OCH3 is 2. The highest BCUT2D eigenvalue weighted by Crippen LogP contribution is 2.29. The first-order valence-electron chi connectivity index (χ1n) is 9.65. The number of amides is 1. The monoisotopic (exact) mass is 401 g/mol. The fourth-order valence-corrected chi connectivity index (χ4v) is 3.52. The number of fused-ring (bicyclic) bond motifs is 1. The summed E-state index contributed by atoms with van der Waals surface area (Å²) in [5, 5.41) is 4.07. The fourth-order valence-electron chi connectivity index (χ4n) is 3.52. The van der Waals surface area contributed by atoms with E-state index in [2.05, 4.69) is 27.6 Å². The van der Waals surface area contributed by atoms with Gasteiger partial charge in [-0.05, 0) is 59.2 Å². The highest BCUT2D eigenvalue weighted by Gasteiger charge is 2.20. The molecule has 0 spiro atoms. The first kappa shape index (κ1) is 19.5. The molecule has 4 rings (SSSR count). The molecule has 0 aliphatic carbocycles. The number of carbonyl (C=O) groups is 1. The van der Waals surface area contributed by atoms with Crippen molar-refractivity contribution in [1.29, 1.82) is 0 Å². The lowest BCUT2D eigenvalue weighted by atomic mass is 10.1. The molecule has 1 amide bonds. The van der Waals surface area contributed by atoms with Gasteiger partial charge in [0, 0.05) is 24.3 Å². The van der Waals surface area contributed by atoms with Gasteiger partial charge in [0.15, 0.2) is 11.5 Å². The molecule has 1 aliphatic heterocycles. The summed E-state index contributed by atoms with van der Waals surface area (Å²) in [6.07, 6.45) is 1.57. The van der Waals surface area contributed by atoms with Crippen LogP contribution < -0.4 is 19.8 Å². The summed E-state index contributed by atoms with van der Waals surface area (Å²) in [5.41, 5.74) is 7.56. The first-order valence-corrected chi connectivity index (χ1v) is 9.65. The highest BCUT2D eigenvalue weighted by atomic mass is 16.5. The maximum absolute atomic E-state index is 12.5. The number of carbonyl (C=O) groups excluding carboxylic acids is 1. The molecule has 0 aromatic heterocycles. The molecule has 3 aromatic carbocycles. The number of hydrogen-bond donors (Lipinski definition) is 1. The zero-order valence-electron chi connectivity index (χ0n) is 17.0. The third-order valence-electron chi connectivity index (χ3n) is 5.10. The molecule has 6 nitrogen and oxygen atoms in total. The number of benzene rings is 3. The minimum atomic E-state index is -0.243. The average Bonchev–Trinajstić information content (AvgIpc) is 3.23. The molecule has 1 heterocycles. The SMILES string of the molecule is COc1ccc(/C=N/NC(=O)c2ccc3c(c2)CN(c2ccccc2)C3)cc1OC. The molecule has 0 fully saturated rings. The molecular weight excluding hydrogens is 378 g/mol. The predicted molar refractivity (Wildman–Crippen MR) is 117 cm³/mol. The molecule has 0 saturated carbocycles. The van der Waals surface area contributed by atoms with Crippen molar-refractivity contribution >= 4 is 17.8 Å². The van der Waals surface area contributed by atoms with Gasteiger partial charge in [0.05, 0.1) is 20.4 Å². The minimum absolute atomic E-state index is 0.243. The van der Waals surface area contributed by atoms with Gasteiger partial charge in [-0.1, -0.05) is 24.3 Å². The zero-order chi connectivity index (χ0) is 20.9. The predicted octanol–water partition coefficient (Wildman–Crippen LogP) is 3.99. The maximum atomic E-state index is 12.5. The van der Waals surface area contributed by atoms with Crippen LogP contribution in [-0.2, 0) is 13.1 Å². The van der Waals surface area contributed by atoms with Gasteiger partial charge in [-0.2, -0.15) is 5.10 Å². The molecule has 1 N–H and O–H groups in total. The minimum Gasteiger partial charge on any atom is -0.493 e. The highest BCUT2D eigenvalue weighted by molar-refractivity contribution is 5.95. The van der Waals surface area contributed by atoms with Gasteiger partial charge >= 0.3 is 0 Å². The smallest absolute Gasteiger partial charge is 0.271 e. The van der Waals surface area contributed by atoms with Crippen LogP contribution in [0.15, 0.2) is 71.8 Å². The number of rotatable bonds is 6. The second-order valence-corrected chi connectivity index (χ2v) is 6.99. The van der Waals surface area contributed by atoms with E-state index in [9.17, 15) is 4.79 Å². The van der Waals surface area contributed by atoms with Crippen molar-refractivity contribution in [1.82, 2.24) is 5.43 Å². The molecule has 0 bridgehead atoms. The third-order valence-corrected chi connectivity index (χ3v) is 5.10. The Balaban J connectivity index is 1.41. The van der Waals surface area contributed by atoms with E-state index in [-0.39, 0.29) is 5.91 Å². The second kappa shape index (κ2) is 8.69. The van der Waals surface area contributed by atoms with Crippen molar-refractivity contribution in [2.75, 3.05) is 19.1 Å². The summed E-state index contributed by atoms with van der Waals surface area (Å²) in [6, 6.07) is 21.5. The molecule has 0 unspecified atom stereocenters. The van der Waals surface area contributed by atoms with Gasteiger partial charge in [0.2, 0.25) is 0 Å². The third kappa shape index (κ3) is 4.12. The quantitative estimate of drug-likeness (QED) is 0.501. The number of para-hydroxylation sites is 1. The number of nitrogens with zero attached hydrogens (tertiary/aromatic N) is 2. The van der Waals surface area contributed by atoms with E-state index in [0.717, 1.165) is 24.2 Å². The maximum Gasteiger partial charge on any atom is 0.271 e. The number of nitrogens with one attached hydrogen (secondary N) is 1. The topological polar surface area (TPSA) is 63.2 Å². The standard InChI is InChI=1S/C24H23N3O3/c1-29-22-11-8-17(12-23(22)30-2)14-25-26-24(28)18-9-10-19-15-27(16-20(19)13-18)21-6-4-3-5-7-21/h3-14H,15-16H2,1-2H3,(H,26,28)/b25-14+. The van der Waals surface area contributed by atoms with Gasteiger partial charge in [0.25, 0.3) is 5.91 Å². The molecule has 1 aliphatic rings. The molecule has 6 heteroatoms. The number of hydrazone groups is 1. The molecule has 0 atom stereocenters. The summed E-state index contributed by atoms with van der Waals surface area (Å²) >= 11 is 0. The Bertz CT molecular complexity index is 1080. The molecule has 30 heavy (non-hydrogen) atoms. The Kier molecular flexibility index (Phi) is 5.66. The van der Waals surface area contributed by atoms with Gasteiger partial charge in [-0.15, -0.1) is 0 Å². The van der Waals surface area contributed by atoms with E-state index in [1.165, 1.54) is 11.3 Å². The van der Waals surface area contributed by atoms with Crippen molar-refractivity contribution in [3.8, 4) is 11.5 Å². The normalized spacial score (nSPS) is 12.7. The van der Waals surface area contributed by atoms with Crippen LogP contribution in [0.5, 0.6) is 11.5 Å². The van der Waals surface area contributed by atoms with Gasteiger partial charge < -0.3 is 14.4 Å². The van der Waals surface area contributed by atoms with Crippen molar-refractivity contribution in [2.24, 2.45) is 5.10 Å². The van der Waals surface area contributed by atoms with Gasteiger partial charge in [-0.3, -0.25) is 4.79 Å². The fraction of sp³-hybridized carbons (Fsp3) is 0.167. The number of hydrogen-bond acceptors (Lipinski definition) is 5. The van der Waals surface area contributed by atoms with E-state index in [0.29, 0.717) is 17.1 Å². The van der Waals surface area contributed by atoms with Crippen LogP contribution in [0.25, 0.3) is 0 Å². The van der Waals surface area contributed by atoms with E-state index in [4.69, 9.17) is 9.47 Å². The summed E-state index contributed by atoms with van der Waals surface area (Å²) in [5.74, 6) is 1.00. The van der Waals surface area contributed by atoms with Crippen LogP contribution in [0.4, 0.5) is 5.69 Å². The van der Waals surface area contributed by atoms with Gasteiger partial charge in [0.1, 0.15) is 0 Å². The Morgan fingerprint density at radius 2 is 1.70 bits per heavy atom. The van der Waals surface area contributed by atoms with Crippen molar-refractivity contribution in [2.45, 2.75) is 13.1 Å². The van der Waals surface area contributed by atoms with Crippen molar-refractivity contribution in [3.63, 3.8) is 0 Å². The van der Waals surface area contributed by atoms with Crippen LogP contribution >= 0.6 is 0 Å². The first-order chi connectivity index (χ1) is 14.7. The Morgan fingerprint density at radius 3 is 2.47 bits per heavy atom. The average molecular weight is 401 g/mol. The van der Waals surface area contributed by atoms with E-state index in [1.54, 1.807) is 32.6 Å². The van der Waals surface area contributed by atoms with Crippen LogP contribution in [-0.4, -0.2) is 26.3 Å². The summed E-state index contributed by atoms with van der Waals surface area (Å²) in [6.45, 7) is 1.63. The molecule has 3 aromatic rings. The largest absolute Gasteiger partial charge is 0.493 e. The van der Waals surface area contributed by atoms with Crippen molar-refractivity contribution in [3.05, 3.63) is 89.0 Å². The van der Waals surface area contributed by atoms with E-state index < -0.39 is 0 Å². The Labute approximate surface area is 175 Å².